The van der Waals surface area contributed by atoms with Crippen molar-refractivity contribution in [3.8, 4) is 0 Å². The van der Waals surface area contributed by atoms with Crippen molar-refractivity contribution in [2.75, 3.05) is 5.32 Å². The van der Waals surface area contributed by atoms with Gasteiger partial charge in [0.2, 0.25) is 0 Å². The van der Waals surface area contributed by atoms with E-state index in [1.807, 2.05) is 30.3 Å². The molecule has 4 heteroatoms. The number of rotatable bonds is 4. The Kier molecular flexibility index (Phi) is 3.85. The molecule has 0 fully saturated rings. The van der Waals surface area contributed by atoms with Gasteiger partial charge >= 0.3 is 5.97 Å². The molecule has 0 bridgehead atoms. The van der Waals surface area contributed by atoms with E-state index in [1.165, 1.54) is 0 Å². The summed E-state index contributed by atoms with van der Waals surface area (Å²) in [5, 5.41) is 12.8. The van der Waals surface area contributed by atoms with E-state index in [1.54, 1.807) is 24.3 Å². The number of para-hydroxylation sites is 1. The predicted molar refractivity (Wildman–Crippen MR) is 71.9 cm³/mol. The van der Waals surface area contributed by atoms with Crippen LogP contribution in [0, 0.1) is 0 Å². The minimum absolute atomic E-state index is 0.586. The van der Waals surface area contributed by atoms with E-state index in [9.17, 15) is 9.90 Å². The SMILES string of the molecule is O=C(O)[C@@H](Nc1ccccc1)c1ccc(Cl)cc1. The van der Waals surface area contributed by atoms with Crippen molar-refractivity contribution >= 4 is 23.3 Å². The van der Waals surface area contributed by atoms with E-state index < -0.39 is 12.0 Å². The molecule has 2 aromatic carbocycles. The third kappa shape index (κ3) is 3.02. The largest absolute Gasteiger partial charge is 0.479 e. The van der Waals surface area contributed by atoms with Gasteiger partial charge in [0, 0.05) is 10.7 Å². The fourth-order valence-corrected chi connectivity index (χ4v) is 1.77. The summed E-state index contributed by atoms with van der Waals surface area (Å²) < 4.78 is 0. The Hall–Kier alpha value is -2.00. The van der Waals surface area contributed by atoms with Gasteiger partial charge in [-0.3, -0.25) is 0 Å². The van der Waals surface area contributed by atoms with Crippen molar-refractivity contribution in [2.24, 2.45) is 0 Å². The van der Waals surface area contributed by atoms with Crippen molar-refractivity contribution < 1.29 is 9.90 Å². The van der Waals surface area contributed by atoms with Gasteiger partial charge in [-0.05, 0) is 29.8 Å². The maximum atomic E-state index is 11.3. The van der Waals surface area contributed by atoms with Crippen molar-refractivity contribution in [1.29, 1.82) is 0 Å². The molecule has 0 unspecified atom stereocenters. The number of hydrogen-bond donors (Lipinski definition) is 2. The molecule has 1 atom stereocenters. The molecule has 0 aromatic heterocycles. The van der Waals surface area contributed by atoms with Gasteiger partial charge in [-0.15, -0.1) is 0 Å². The first-order valence-corrected chi connectivity index (χ1v) is 5.84. The van der Waals surface area contributed by atoms with Crippen LogP contribution >= 0.6 is 11.6 Å². The number of nitrogens with one attached hydrogen (secondary N) is 1. The van der Waals surface area contributed by atoms with Gasteiger partial charge in [-0.1, -0.05) is 41.9 Å². The van der Waals surface area contributed by atoms with E-state index in [-0.39, 0.29) is 0 Å². The molecule has 18 heavy (non-hydrogen) atoms. The standard InChI is InChI=1S/C14H12ClNO2/c15-11-8-6-10(7-9-11)13(14(17)18)16-12-4-2-1-3-5-12/h1-9,13,16H,(H,17,18)/t13-/m0/s1. The van der Waals surface area contributed by atoms with Crippen LogP contribution in [0.1, 0.15) is 11.6 Å². The summed E-state index contributed by atoms with van der Waals surface area (Å²) in [5.74, 6) is -0.929. The van der Waals surface area contributed by atoms with Crippen LogP contribution in [0.15, 0.2) is 54.6 Å². The maximum Gasteiger partial charge on any atom is 0.330 e. The first kappa shape index (κ1) is 12.5. The van der Waals surface area contributed by atoms with Crippen LogP contribution in [-0.4, -0.2) is 11.1 Å². The predicted octanol–water partition coefficient (Wildman–Crippen LogP) is 3.58. The Bertz CT molecular complexity index is 525. The number of carbonyl (C=O) groups is 1. The number of carboxylic acids is 1. The van der Waals surface area contributed by atoms with Crippen molar-refractivity contribution in [3.63, 3.8) is 0 Å². The summed E-state index contributed by atoms with van der Waals surface area (Å²) in [6.07, 6.45) is 0. The van der Waals surface area contributed by atoms with Gasteiger partial charge in [0.15, 0.2) is 6.04 Å². The highest BCUT2D eigenvalue weighted by Crippen LogP contribution is 2.21. The zero-order valence-electron chi connectivity index (χ0n) is 9.51. The first-order chi connectivity index (χ1) is 8.66. The molecule has 0 saturated heterocycles. The summed E-state index contributed by atoms with van der Waals surface area (Å²) >= 11 is 5.79. The fourth-order valence-electron chi connectivity index (χ4n) is 1.64. The molecule has 2 rings (SSSR count). The lowest BCUT2D eigenvalue weighted by Crippen LogP contribution is -2.20. The summed E-state index contributed by atoms with van der Waals surface area (Å²) in [7, 11) is 0. The third-order valence-electron chi connectivity index (χ3n) is 2.54. The van der Waals surface area contributed by atoms with E-state index in [0.29, 0.717) is 10.6 Å². The van der Waals surface area contributed by atoms with Crippen LogP contribution < -0.4 is 5.32 Å². The zero-order chi connectivity index (χ0) is 13.0. The topological polar surface area (TPSA) is 49.3 Å². The van der Waals surface area contributed by atoms with Crippen molar-refractivity contribution in [1.82, 2.24) is 0 Å². The maximum absolute atomic E-state index is 11.3. The number of halogens is 1. The zero-order valence-corrected chi connectivity index (χ0v) is 10.3. The molecular formula is C14H12ClNO2. The van der Waals surface area contributed by atoms with Gasteiger partial charge < -0.3 is 10.4 Å². The molecule has 0 amide bonds. The van der Waals surface area contributed by atoms with Gasteiger partial charge in [0.1, 0.15) is 0 Å². The van der Waals surface area contributed by atoms with Gasteiger partial charge in [0.25, 0.3) is 0 Å². The molecule has 0 aliphatic heterocycles. The lowest BCUT2D eigenvalue weighted by Gasteiger charge is -2.16. The Morgan fingerprint density at radius 3 is 2.22 bits per heavy atom. The third-order valence-corrected chi connectivity index (χ3v) is 2.79. The normalized spacial score (nSPS) is 11.8. The molecule has 2 N–H and O–H groups in total. The molecule has 0 heterocycles. The van der Waals surface area contributed by atoms with Crippen molar-refractivity contribution in [3.05, 3.63) is 65.2 Å². The van der Waals surface area contributed by atoms with Gasteiger partial charge in [-0.25, -0.2) is 4.79 Å². The highest BCUT2D eigenvalue weighted by molar-refractivity contribution is 6.30. The Morgan fingerprint density at radius 2 is 1.67 bits per heavy atom. The molecule has 0 spiro atoms. The molecule has 0 saturated carbocycles. The molecule has 92 valence electrons. The van der Waals surface area contributed by atoms with Crippen LogP contribution in [0.2, 0.25) is 5.02 Å². The minimum atomic E-state index is -0.929. The van der Waals surface area contributed by atoms with E-state index in [0.717, 1.165) is 5.69 Å². The summed E-state index contributed by atoms with van der Waals surface area (Å²) in [6, 6.07) is 15.2. The molecule has 0 radical (unpaired) electrons. The lowest BCUT2D eigenvalue weighted by molar-refractivity contribution is -0.138. The summed E-state index contributed by atoms with van der Waals surface area (Å²) in [6.45, 7) is 0. The van der Waals surface area contributed by atoms with Crippen LogP contribution in [0.4, 0.5) is 5.69 Å². The van der Waals surface area contributed by atoms with Gasteiger partial charge in [0.05, 0.1) is 0 Å². The van der Waals surface area contributed by atoms with Crippen LogP contribution in [-0.2, 0) is 4.79 Å². The summed E-state index contributed by atoms with van der Waals surface area (Å²) in [5.41, 5.74) is 1.43. The van der Waals surface area contributed by atoms with E-state index >= 15 is 0 Å². The molecular weight excluding hydrogens is 250 g/mol. The average Bonchev–Trinajstić information content (AvgIpc) is 2.38. The van der Waals surface area contributed by atoms with E-state index in [4.69, 9.17) is 11.6 Å². The highest BCUT2D eigenvalue weighted by Gasteiger charge is 2.19. The molecule has 0 aliphatic carbocycles. The Morgan fingerprint density at radius 1 is 1.06 bits per heavy atom. The van der Waals surface area contributed by atoms with Crippen LogP contribution in [0.25, 0.3) is 0 Å². The Labute approximate surface area is 110 Å². The molecule has 3 nitrogen and oxygen atoms in total. The number of carboxylic acid groups (broad SMARTS) is 1. The quantitative estimate of drug-likeness (QED) is 0.884. The van der Waals surface area contributed by atoms with E-state index in [2.05, 4.69) is 5.32 Å². The number of hydrogen-bond acceptors (Lipinski definition) is 2. The van der Waals surface area contributed by atoms with Crippen molar-refractivity contribution in [2.45, 2.75) is 6.04 Å². The minimum Gasteiger partial charge on any atom is -0.479 e. The first-order valence-electron chi connectivity index (χ1n) is 5.46. The summed E-state index contributed by atoms with van der Waals surface area (Å²) in [4.78, 5) is 11.3. The molecule has 2 aromatic rings. The smallest absolute Gasteiger partial charge is 0.330 e. The number of anilines is 1. The van der Waals surface area contributed by atoms with Gasteiger partial charge in [-0.2, -0.15) is 0 Å². The second-order valence-electron chi connectivity index (χ2n) is 3.83. The number of benzene rings is 2. The average molecular weight is 262 g/mol. The highest BCUT2D eigenvalue weighted by atomic mass is 35.5. The monoisotopic (exact) mass is 261 g/mol. The Balaban J connectivity index is 2.24. The fraction of sp³-hybridized carbons (Fsp3) is 0.0714. The van der Waals surface area contributed by atoms with Crippen LogP contribution in [0.3, 0.4) is 0 Å². The lowest BCUT2D eigenvalue weighted by atomic mass is 10.1. The number of aliphatic carboxylic acids is 1. The van der Waals surface area contributed by atoms with Crippen LogP contribution in [0.5, 0.6) is 0 Å². The second kappa shape index (κ2) is 5.56. The second-order valence-corrected chi connectivity index (χ2v) is 4.27. The molecule has 0 aliphatic rings.